The molecule has 20 heavy (non-hydrogen) atoms. The first-order valence-corrected chi connectivity index (χ1v) is 6.81. The second-order valence-corrected chi connectivity index (χ2v) is 5.37. The monoisotopic (exact) mass is 336 g/mol. The minimum atomic E-state index is -0.596. The van der Waals surface area contributed by atoms with Gasteiger partial charge in [0.05, 0.1) is 11.3 Å². The summed E-state index contributed by atoms with van der Waals surface area (Å²) in [7, 11) is 0. The van der Waals surface area contributed by atoms with Crippen LogP contribution in [-0.2, 0) is 0 Å². The lowest BCUT2D eigenvalue weighted by Gasteiger charge is -2.11. The number of nitrogens with two attached hydrogens (primary N) is 1. The predicted molar refractivity (Wildman–Crippen MR) is 82.4 cm³/mol. The van der Waals surface area contributed by atoms with Gasteiger partial charge in [-0.2, -0.15) is 0 Å². The Morgan fingerprint density at radius 3 is 2.45 bits per heavy atom. The number of hydrogen-bond acceptors (Lipinski definition) is 2. The van der Waals surface area contributed by atoms with E-state index in [0.29, 0.717) is 5.69 Å². The Kier molecular flexibility index (Phi) is 4.09. The van der Waals surface area contributed by atoms with Crippen LogP contribution in [0.2, 0.25) is 0 Å². The van der Waals surface area contributed by atoms with Gasteiger partial charge in [-0.05, 0) is 49.2 Å². The molecule has 5 heteroatoms. The van der Waals surface area contributed by atoms with Crippen LogP contribution in [0.5, 0.6) is 0 Å². The molecule has 0 aromatic heterocycles. The fraction of sp³-hybridized carbons (Fsp3) is 0.133. The first kappa shape index (κ1) is 14.5. The summed E-state index contributed by atoms with van der Waals surface area (Å²) in [5, 5.41) is 2.73. The van der Waals surface area contributed by atoms with E-state index in [2.05, 4.69) is 21.2 Å². The first-order chi connectivity index (χ1) is 9.40. The molecule has 0 aliphatic carbocycles. The molecule has 0 heterocycles. The third-order valence-electron chi connectivity index (χ3n) is 2.99. The average molecular weight is 337 g/mol. The highest BCUT2D eigenvalue weighted by Gasteiger charge is 2.13. The van der Waals surface area contributed by atoms with Gasteiger partial charge in [-0.25, -0.2) is 4.39 Å². The number of hydrogen-bond donors (Lipinski definition) is 2. The van der Waals surface area contributed by atoms with Gasteiger partial charge < -0.3 is 11.1 Å². The third-order valence-corrected chi connectivity index (χ3v) is 4.24. The number of anilines is 2. The summed E-state index contributed by atoms with van der Waals surface area (Å²) in [5.41, 5.74) is 8.23. The molecular formula is C15H14BrFN2O. The maximum atomic E-state index is 13.3. The van der Waals surface area contributed by atoms with Crippen molar-refractivity contribution >= 4 is 33.2 Å². The lowest BCUT2D eigenvalue weighted by atomic mass is 10.1. The van der Waals surface area contributed by atoms with Crippen molar-refractivity contribution in [2.75, 3.05) is 11.1 Å². The molecule has 0 spiro atoms. The van der Waals surface area contributed by atoms with Crippen LogP contribution in [0, 0.1) is 19.7 Å². The van der Waals surface area contributed by atoms with E-state index in [-0.39, 0.29) is 11.3 Å². The number of benzene rings is 2. The average Bonchev–Trinajstić information content (AvgIpc) is 2.39. The molecule has 2 rings (SSSR count). The summed E-state index contributed by atoms with van der Waals surface area (Å²) in [5.74, 6) is -1.02. The number of carbonyl (C=O) groups is 1. The van der Waals surface area contributed by atoms with Crippen LogP contribution in [0.15, 0.2) is 34.8 Å². The number of nitrogens with one attached hydrogen (secondary N) is 1. The minimum absolute atomic E-state index is 0.128. The summed E-state index contributed by atoms with van der Waals surface area (Å²) < 4.78 is 14.3. The summed E-state index contributed by atoms with van der Waals surface area (Å²) in [4.78, 5) is 12.1. The summed E-state index contributed by atoms with van der Waals surface area (Å²) in [6.45, 7) is 3.87. The molecule has 0 aliphatic heterocycles. The smallest absolute Gasteiger partial charge is 0.257 e. The van der Waals surface area contributed by atoms with Crippen LogP contribution >= 0.6 is 15.9 Å². The number of rotatable bonds is 2. The molecule has 104 valence electrons. The number of halogens is 2. The molecule has 0 saturated carbocycles. The number of aryl methyl sites for hydroxylation is 2. The van der Waals surface area contributed by atoms with Crippen molar-refractivity contribution in [1.82, 2.24) is 0 Å². The van der Waals surface area contributed by atoms with Crippen LogP contribution in [-0.4, -0.2) is 5.91 Å². The van der Waals surface area contributed by atoms with Crippen molar-refractivity contribution in [2.45, 2.75) is 13.8 Å². The SMILES string of the molecule is Cc1cc(NC(=O)c2cccc(F)c2N)cc(C)c1Br. The van der Waals surface area contributed by atoms with E-state index in [1.807, 2.05) is 26.0 Å². The van der Waals surface area contributed by atoms with E-state index in [0.717, 1.165) is 15.6 Å². The number of carbonyl (C=O) groups excluding carboxylic acids is 1. The quantitative estimate of drug-likeness (QED) is 0.813. The Morgan fingerprint density at radius 1 is 1.25 bits per heavy atom. The second kappa shape index (κ2) is 5.63. The topological polar surface area (TPSA) is 55.1 Å². The Balaban J connectivity index is 2.30. The predicted octanol–water partition coefficient (Wildman–Crippen LogP) is 4.04. The van der Waals surface area contributed by atoms with E-state index in [1.165, 1.54) is 18.2 Å². The maximum Gasteiger partial charge on any atom is 0.257 e. The van der Waals surface area contributed by atoms with Gasteiger partial charge in [0, 0.05) is 10.2 Å². The highest BCUT2D eigenvalue weighted by Crippen LogP contribution is 2.26. The van der Waals surface area contributed by atoms with Gasteiger partial charge in [0.2, 0.25) is 0 Å². The molecule has 2 aromatic rings. The van der Waals surface area contributed by atoms with E-state index in [9.17, 15) is 9.18 Å². The van der Waals surface area contributed by atoms with Crippen LogP contribution in [0.3, 0.4) is 0 Å². The molecule has 0 aliphatic rings. The summed E-state index contributed by atoms with van der Waals surface area (Å²) >= 11 is 3.46. The van der Waals surface area contributed by atoms with Crippen molar-refractivity contribution in [1.29, 1.82) is 0 Å². The Morgan fingerprint density at radius 2 is 1.85 bits per heavy atom. The number of para-hydroxylation sites is 1. The summed E-state index contributed by atoms with van der Waals surface area (Å²) in [6, 6.07) is 7.85. The fourth-order valence-corrected chi connectivity index (χ4v) is 2.18. The normalized spacial score (nSPS) is 10.4. The van der Waals surface area contributed by atoms with Crippen molar-refractivity contribution in [2.24, 2.45) is 0 Å². The standard InChI is InChI=1S/C15H14BrFN2O/c1-8-6-10(7-9(2)13(8)16)19-15(20)11-4-3-5-12(17)14(11)18/h3-7H,18H2,1-2H3,(H,19,20). The van der Waals surface area contributed by atoms with Crippen molar-refractivity contribution in [3.8, 4) is 0 Å². The number of nitrogen functional groups attached to an aromatic ring is 1. The van der Waals surface area contributed by atoms with E-state index in [4.69, 9.17) is 5.73 Å². The molecule has 0 fully saturated rings. The highest BCUT2D eigenvalue weighted by atomic mass is 79.9. The lowest BCUT2D eigenvalue weighted by molar-refractivity contribution is 0.102. The van der Waals surface area contributed by atoms with Gasteiger partial charge in [0.25, 0.3) is 5.91 Å². The van der Waals surface area contributed by atoms with E-state index in [1.54, 1.807) is 0 Å². The molecule has 2 aromatic carbocycles. The van der Waals surface area contributed by atoms with E-state index >= 15 is 0 Å². The second-order valence-electron chi connectivity index (χ2n) is 4.58. The van der Waals surface area contributed by atoms with Gasteiger partial charge in [0.1, 0.15) is 5.82 Å². The number of amides is 1. The largest absolute Gasteiger partial charge is 0.396 e. The van der Waals surface area contributed by atoms with Crippen molar-refractivity contribution in [3.05, 3.63) is 57.3 Å². The van der Waals surface area contributed by atoms with Gasteiger partial charge in [-0.15, -0.1) is 0 Å². The van der Waals surface area contributed by atoms with Crippen molar-refractivity contribution in [3.63, 3.8) is 0 Å². The zero-order chi connectivity index (χ0) is 14.9. The van der Waals surface area contributed by atoms with Crippen molar-refractivity contribution < 1.29 is 9.18 Å². The van der Waals surface area contributed by atoms with Crippen LogP contribution in [0.4, 0.5) is 15.8 Å². The van der Waals surface area contributed by atoms with E-state index < -0.39 is 11.7 Å². The highest BCUT2D eigenvalue weighted by molar-refractivity contribution is 9.10. The molecule has 0 atom stereocenters. The Labute approximate surface area is 125 Å². The first-order valence-electron chi connectivity index (χ1n) is 6.02. The van der Waals surface area contributed by atoms with Gasteiger partial charge in [0.15, 0.2) is 0 Å². The minimum Gasteiger partial charge on any atom is -0.396 e. The molecule has 0 radical (unpaired) electrons. The molecular weight excluding hydrogens is 323 g/mol. The zero-order valence-corrected chi connectivity index (χ0v) is 12.7. The fourth-order valence-electron chi connectivity index (χ4n) is 1.95. The van der Waals surface area contributed by atoms with Crippen LogP contribution in [0.25, 0.3) is 0 Å². The molecule has 3 nitrogen and oxygen atoms in total. The van der Waals surface area contributed by atoms with Crippen LogP contribution < -0.4 is 11.1 Å². The maximum absolute atomic E-state index is 13.3. The molecule has 1 amide bonds. The van der Waals surface area contributed by atoms with Gasteiger partial charge in [-0.3, -0.25) is 4.79 Å². The lowest BCUT2D eigenvalue weighted by Crippen LogP contribution is -2.15. The van der Waals surface area contributed by atoms with Gasteiger partial charge >= 0.3 is 0 Å². The Hall–Kier alpha value is -1.88. The molecule has 0 unspecified atom stereocenters. The molecule has 3 N–H and O–H groups in total. The van der Waals surface area contributed by atoms with Gasteiger partial charge in [-0.1, -0.05) is 22.0 Å². The Bertz CT molecular complexity index is 663. The molecule has 0 bridgehead atoms. The third kappa shape index (κ3) is 2.82. The zero-order valence-electron chi connectivity index (χ0n) is 11.1. The summed E-state index contributed by atoms with van der Waals surface area (Å²) in [6.07, 6.45) is 0. The molecule has 0 saturated heterocycles. The van der Waals surface area contributed by atoms with Crippen LogP contribution in [0.1, 0.15) is 21.5 Å².